The fourth-order valence-corrected chi connectivity index (χ4v) is 3.02. The molecule has 2 nitrogen and oxygen atoms in total. The van der Waals surface area contributed by atoms with Gasteiger partial charge in [-0.25, -0.2) is 0 Å². The van der Waals surface area contributed by atoms with Crippen molar-refractivity contribution in [3.05, 3.63) is 77.3 Å². The van der Waals surface area contributed by atoms with E-state index in [-0.39, 0.29) is 6.04 Å². The summed E-state index contributed by atoms with van der Waals surface area (Å²) in [7, 11) is 0. The molecule has 0 fully saturated rings. The summed E-state index contributed by atoms with van der Waals surface area (Å²) in [5, 5.41) is 10.3. The van der Waals surface area contributed by atoms with Crippen LogP contribution in [0.2, 0.25) is 5.02 Å². The van der Waals surface area contributed by atoms with Gasteiger partial charge in [0.2, 0.25) is 0 Å². The van der Waals surface area contributed by atoms with E-state index in [1.807, 2.05) is 24.3 Å². The van der Waals surface area contributed by atoms with Gasteiger partial charge < -0.3 is 10.6 Å². The molecular formula is C19H17ClN2S. The summed E-state index contributed by atoms with van der Waals surface area (Å²) in [6, 6.07) is 22.3. The highest BCUT2D eigenvalue weighted by Crippen LogP contribution is 2.24. The topological polar surface area (TPSA) is 24.1 Å². The average molecular weight is 341 g/mol. The van der Waals surface area contributed by atoms with Gasteiger partial charge in [-0.2, -0.15) is 0 Å². The predicted molar refractivity (Wildman–Crippen MR) is 103 cm³/mol. The summed E-state index contributed by atoms with van der Waals surface area (Å²) in [6.45, 7) is 2.11. The predicted octanol–water partition coefficient (Wildman–Crippen LogP) is 5.54. The summed E-state index contributed by atoms with van der Waals surface area (Å²) in [5.74, 6) is 0. The maximum Gasteiger partial charge on any atom is 0.171 e. The lowest BCUT2D eigenvalue weighted by Gasteiger charge is -2.19. The highest BCUT2D eigenvalue weighted by Gasteiger charge is 2.10. The quantitative estimate of drug-likeness (QED) is 0.612. The molecule has 0 aromatic heterocycles. The first-order valence-corrected chi connectivity index (χ1v) is 8.23. The molecule has 1 unspecified atom stereocenters. The van der Waals surface area contributed by atoms with Gasteiger partial charge in [0.25, 0.3) is 0 Å². The molecule has 0 radical (unpaired) electrons. The Morgan fingerprint density at radius 3 is 2.43 bits per heavy atom. The van der Waals surface area contributed by atoms with E-state index in [0.717, 1.165) is 5.69 Å². The van der Waals surface area contributed by atoms with E-state index in [1.54, 1.807) is 0 Å². The Bertz CT molecular complexity index is 825. The Balaban J connectivity index is 1.74. The molecule has 0 spiro atoms. The fourth-order valence-electron chi connectivity index (χ4n) is 2.60. The van der Waals surface area contributed by atoms with Gasteiger partial charge in [0, 0.05) is 10.7 Å². The van der Waals surface area contributed by atoms with Crippen molar-refractivity contribution in [2.75, 3.05) is 5.32 Å². The molecule has 116 valence electrons. The monoisotopic (exact) mass is 340 g/mol. The van der Waals surface area contributed by atoms with Crippen LogP contribution >= 0.6 is 23.8 Å². The molecule has 0 saturated carbocycles. The van der Waals surface area contributed by atoms with Gasteiger partial charge in [-0.05, 0) is 59.7 Å². The molecule has 4 heteroatoms. The van der Waals surface area contributed by atoms with Crippen molar-refractivity contribution in [2.24, 2.45) is 0 Å². The van der Waals surface area contributed by atoms with E-state index in [4.69, 9.17) is 23.8 Å². The van der Waals surface area contributed by atoms with Crippen LogP contribution in [0.15, 0.2) is 66.7 Å². The van der Waals surface area contributed by atoms with Gasteiger partial charge in [0.1, 0.15) is 0 Å². The van der Waals surface area contributed by atoms with Crippen molar-refractivity contribution < 1.29 is 0 Å². The molecule has 0 amide bonds. The molecule has 0 aliphatic heterocycles. The molecule has 2 N–H and O–H groups in total. The van der Waals surface area contributed by atoms with Crippen LogP contribution in [0.1, 0.15) is 18.5 Å². The number of anilines is 1. The first kappa shape index (κ1) is 15.8. The lowest BCUT2D eigenvalue weighted by atomic mass is 10.00. The van der Waals surface area contributed by atoms with Crippen LogP contribution in [-0.2, 0) is 0 Å². The molecule has 0 bridgehead atoms. The van der Waals surface area contributed by atoms with Gasteiger partial charge in [-0.3, -0.25) is 0 Å². The number of thiocarbonyl (C=S) groups is 1. The maximum atomic E-state index is 5.89. The molecule has 3 aromatic rings. The van der Waals surface area contributed by atoms with E-state index in [9.17, 15) is 0 Å². The maximum absolute atomic E-state index is 5.89. The molecule has 1 atom stereocenters. The third-order valence-electron chi connectivity index (χ3n) is 3.74. The third kappa shape index (κ3) is 3.81. The van der Waals surface area contributed by atoms with E-state index < -0.39 is 0 Å². The van der Waals surface area contributed by atoms with E-state index >= 15 is 0 Å². The summed E-state index contributed by atoms with van der Waals surface area (Å²) in [5.41, 5.74) is 2.14. The molecule has 23 heavy (non-hydrogen) atoms. The fraction of sp³-hybridized carbons (Fsp3) is 0.105. The molecule has 3 aromatic carbocycles. The molecular weight excluding hydrogens is 324 g/mol. The lowest BCUT2D eigenvalue weighted by molar-refractivity contribution is 0.729. The van der Waals surface area contributed by atoms with Gasteiger partial charge in [-0.1, -0.05) is 54.1 Å². The smallest absolute Gasteiger partial charge is 0.171 e. The van der Waals surface area contributed by atoms with E-state index in [1.165, 1.54) is 16.3 Å². The Hall–Kier alpha value is -2.10. The minimum Gasteiger partial charge on any atom is -0.356 e. The first-order chi connectivity index (χ1) is 11.1. The molecule has 0 aliphatic carbocycles. The number of hydrogen-bond donors (Lipinski definition) is 2. The zero-order valence-electron chi connectivity index (χ0n) is 12.7. The van der Waals surface area contributed by atoms with Gasteiger partial charge in [0.05, 0.1) is 6.04 Å². The van der Waals surface area contributed by atoms with Crippen LogP contribution in [0.5, 0.6) is 0 Å². The second-order valence-electron chi connectivity index (χ2n) is 5.40. The van der Waals surface area contributed by atoms with Crippen LogP contribution in [0.3, 0.4) is 0 Å². The van der Waals surface area contributed by atoms with Crippen LogP contribution in [0.4, 0.5) is 5.69 Å². The van der Waals surface area contributed by atoms with Gasteiger partial charge in [-0.15, -0.1) is 0 Å². The van der Waals surface area contributed by atoms with Crippen molar-refractivity contribution in [1.82, 2.24) is 5.32 Å². The zero-order chi connectivity index (χ0) is 16.2. The number of fused-ring (bicyclic) bond motifs is 1. The molecule has 0 aliphatic rings. The zero-order valence-corrected chi connectivity index (χ0v) is 14.3. The van der Waals surface area contributed by atoms with Gasteiger partial charge >= 0.3 is 0 Å². The highest BCUT2D eigenvalue weighted by molar-refractivity contribution is 7.80. The normalized spacial score (nSPS) is 11.9. The largest absolute Gasteiger partial charge is 0.356 e. The minimum absolute atomic E-state index is 0.105. The van der Waals surface area contributed by atoms with Crippen molar-refractivity contribution in [3.63, 3.8) is 0 Å². The molecule has 0 saturated heterocycles. The Morgan fingerprint density at radius 2 is 1.65 bits per heavy atom. The molecule has 0 heterocycles. The van der Waals surface area contributed by atoms with Crippen LogP contribution in [0.25, 0.3) is 10.8 Å². The third-order valence-corrected chi connectivity index (χ3v) is 4.21. The summed E-state index contributed by atoms with van der Waals surface area (Å²) >= 11 is 11.3. The van der Waals surface area contributed by atoms with Crippen LogP contribution in [0, 0.1) is 0 Å². The second kappa shape index (κ2) is 6.99. The van der Waals surface area contributed by atoms with E-state index in [2.05, 4.69) is 60.0 Å². The number of benzene rings is 3. The Labute approximate surface area is 146 Å². The van der Waals surface area contributed by atoms with Gasteiger partial charge in [0.15, 0.2) is 5.11 Å². The summed E-state index contributed by atoms with van der Waals surface area (Å²) in [6.07, 6.45) is 0. The minimum atomic E-state index is 0.105. The Kier molecular flexibility index (Phi) is 4.79. The first-order valence-electron chi connectivity index (χ1n) is 7.44. The summed E-state index contributed by atoms with van der Waals surface area (Å²) < 4.78 is 0. The van der Waals surface area contributed by atoms with E-state index in [0.29, 0.717) is 10.1 Å². The number of nitrogens with one attached hydrogen (secondary N) is 2. The lowest BCUT2D eigenvalue weighted by Crippen LogP contribution is -2.30. The standard InChI is InChI=1S/C19H17ClN2S/c1-13(17-8-4-6-14-5-2-3-7-18(14)17)21-19(23)22-16-11-9-15(20)10-12-16/h2-13H,1H3,(H2,21,22,23). The van der Waals surface area contributed by atoms with Crippen LogP contribution < -0.4 is 10.6 Å². The average Bonchev–Trinajstić information content (AvgIpc) is 2.56. The van der Waals surface area contributed by atoms with Crippen molar-refractivity contribution in [2.45, 2.75) is 13.0 Å². The van der Waals surface area contributed by atoms with Crippen molar-refractivity contribution >= 4 is 45.4 Å². The highest BCUT2D eigenvalue weighted by atomic mass is 35.5. The van der Waals surface area contributed by atoms with Crippen molar-refractivity contribution in [1.29, 1.82) is 0 Å². The number of halogens is 1. The summed E-state index contributed by atoms with van der Waals surface area (Å²) in [4.78, 5) is 0. The SMILES string of the molecule is CC(NC(=S)Nc1ccc(Cl)cc1)c1cccc2ccccc12. The van der Waals surface area contributed by atoms with Crippen molar-refractivity contribution in [3.8, 4) is 0 Å². The number of hydrogen-bond acceptors (Lipinski definition) is 1. The number of rotatable bonds is 3. The molecule has 3 rings (SSSR count). The Morgan fingerprint density at radius 1 is 0.957 bits per heavy atom. The van der Waals surface area contributed by atoms with Crippen LogP contribution in [-0.4, -0.2) is 5.11 Å². The second-order valence-corrected chi connectivity index (χ2v) is 6.24.